The van der Waals surface area contributed by atoms with E-state index in [0.717, 1.165) is 60.6 Å². The molecule has 0 aliphatic heterocycles. The standard InChI is InChI=1S/C33H19N3O2/c1-3-9-20(10-4-1)31-34-32(21-11-5-2-6-12-21)36-33(35-31)22-15-16-24-26-18-25-23-13-7-8-14-27(23)37-29(25)19-30(26)38-28(24)17-22/h1-19H. The van der Waals surface area contributed by atoms with E-state index in [1.54, 1.807) is 0 Å². The number of aromatic nitrogens is 3. The highest BCUT2D eigenvalue weighted by molar-refractivity contribution is 6.15. The van der Waals surface area contributed by atoms with Crippen LogP contribution in [0.1, 0.15) is 0 Å². The summed E-state index contributed by atoms with van der Waals surface area (Å²) in [5.41, 5.74) is 5.99. The molecule has 0 spiro atoms. The van der Waals surface area contributed by atoms with Crippen LogP contribution in [0.15, 0.2) is 124 Å². The minimum atomic E-state index is 0.597. The van der Waals surface area contributed by atoms with Crippen molar-refractivity contribution < 1.29 is 8.83 Å². The predicted molar refractivity (Wildman–Crippen MR) is 151 cm³/mol. The Morgan fingerprint density at radius 3 is 1.50 bits per heavy atom. The van der Waals surface area contributed by atoms with Crippen LogP contribution in [0, 0.1) is 0 Å². The van der Waals surface area contributed by atoms with Crippen molar-refractivity contribution in [2.75, 3.05) is 0 Å². The summed E-state index contributed by atoms with van der Waals surface area (Å²) in [5, 5.41) is 4.27. The van der Waals surface area contributed by atoms with Crippen molar-refractivity contribution in [2.24, 2.45) is 0 Å². The van der Waals surface area contributed by atoms with Crippen LogP contribution in [-0.4, -0.2) is 15.0 Å². The number of fused-ring (bicyclic) bond motifs is 6. The summed E-state index contributed by atoms with van der Waals surface area (Å²) in [6.07, 6.45) is 0. The van der Waals surface area contributed by atoms with Gasteiger partial charge in [-0.15, -0.1) is 0 Å². The van der Waals surface area contributed by atoms with Gasteiger partial charge in [0.15, 0.2) is 17.5 Å². The fourth-order valence-electron chi connectivity index (χ4n) is 5.07. The molecule has 178 valence electrons. The van der Waals surface area contributed by atoms with Crippen LogP contribution in [0.5, 0.6) is 0 Å². The summed E-state index contributed by atoms with van der Waals surface area (Å²) in [6.45, 7) is 0. The molecular weight excluding hydrogens is 470 g/mol. The SMILES string of the molecule is c1ccc(-c2nc(-c3ccccc3)nc(-c3ccc4c(c3)oc3cc5oc6ccccc6c5cc34)n2)cc1. The average molecular weight is 490 g/mol. The van der Waals surface area contributed by atoms with Gasteiger partial charge in [-0.25, -0.2) is 15.0 Å². The lowest BCUT2D eigenvalue weighted by Gasteiger charge is -2.08. The Morgan fingerprint density at radius 2 is 0.842 bits per heavy atom. The Bertz CT molecular complexity index is 2070. The van der Waals surface area contributed by atoms with E-state index >= 15 is 0 Å². The van der Waals surface area contributed by atoms with E-state index in [2.05, 4.69) is 18.2 Å². The van der Waals surface area contributed by atoms with Gasteiger partial charge in [-0.3, -0.25) is 0 Å². The van der Waals surface area contributed by atoms with Gasteiger partial charge < -0.3 is 8.83 Å². The molecule has 0 aliphatic carbocycles. The first-order chi connectivity index (χ1) is 18.8. The molecule has 0 N–H and O–H groups in total. The average Bonchev–Trinajstić information content (AvgIpc) is 3.53. The third kappa shape index (κ3) is 3.29. The summed E-state index contributed by atoms with van der Waals surface area (Å²) in [5.74, 6) is 1.86. The summed E-state index contributed by atoms with van der Waals surface area (Å²) in [4.78, 5) is 14.5. The van der Waals surface area contributed by atoms with Crippen molar-refractivity contribution in [1.29, 1.82) is 0 Å². The van der Waals surface area contributed by atoms with Crippen molar-refractivity contribution in [2.45, 2.75) is 0 Å². The molecule has 0 atom stereocenters. The smallest absolute Gasteiger partial charge is 0.164 e. The van der Waals surface area contributed by atoms with E-state index in [0.29, 0.717) is 17.5 Å². The predicted octanol–water partition coefficient (Wildman–Crippen LogP) is 8.67. The summed E-state index contributed by atoms with van der Waals surface area (Å²) in [6, 6.07) is 38.3. The molecular formula is C33H19N3O2. The second-order valence-corrected chi connectivity index (χ2v) is 9.29. The van der Waals surface area contributed by atoms with Crippen molar-refractivity contribution in [3.8, 4) is 34.2 Å². The zero-order valence-corrected chi connectivity index (χ0v) is 20.1. The highest BCUT2D eigenvalue weighted by Crippen LogP contribution is 2.37. The first kappa shape index (κ1) is 20.9. The molecule has 0 amide bonds. The molecule has 0 fully saturated rings. The zero-order chi connectivity index (χ0) is 25.1. The highest BCUT2D eigenvalue weighted by atomic mass is 16.3. The Balaban J connectivity index is 1.31. The van der Waals surface area contributed by atoms with Crippen LogP contribution < -0.4 is 0 Å². The van der Waals surface area contributed by atoms with Crippen LogP contribution in [0.3, 0.4) is 0 Å². The third-order valence-electron chi connectivity index (χ3n) is 6.93. The molecule has 3 aromatic heterocycles. The lowest BCUT2D eigenvalue weighted by Crippen LogP contribution is -2.00. The van der Waals surface area contributed by atoms with E-state index in [4.69, 9.17) is 23.8 Å². The molecule has 8 rings (SSSR count). The van der Waals surface area contributed by atoms with Gasteiger partial charge >= 0.3 is 0 Å². The molecule has 0 bridgehead atoms. The van der Waals surface area contributed by atoms with Crippen LogP contribution in [0.4, 0.5) is 0 Å². The van der Waals surface area contributed by atoms with Gasteiger partial charge in [0.1, 0.15) is 22.3 Å². The third-order valence-corrected chi connectivity index (χ3v) is 6.93. The summed E-state index contributed by atoms with van der Waals surface area (Å²) in [7, 11) is 0. The van der Waals surface area contributed by atoms with Crippen LogP contribution in [0.2, 0.25) is 0 Å². The number of benzene rings is 5. The quantitative estimate of drug-likeness (QED) is 0.248. The fourth-order valence-corrected chi connectivity index (χ4v) is 5.07. The molecule has 8 aromatic rings. The number of para-hydroxylation sites is 1. The number of hydrogen-bond acceptors (Lipinski definition) is 5. The fraction of sp³-hybridized carbons (Fsp3) is 0. The summed E-state index contributed by atoms with van der Waals surface area (Å²) >= 11 is 0. The number of nitrogens with zero attached hydrogens (tertiary/aromatic N) is 3. The molecule has 5 aromatic carbocycles. The number of hydrogen-bond donors (Lipinski definition) is 0. The van der Waals surface area contributed by atoms with Gasteiger partial charge in [0.25, 0.3) is 0 Å². The second-order valence-electron chi connectivity index (χ2n) is 9.29. The number of furan rings is 2. The largest absolute Gasteiger partial charge is 0.456 e. The molecule has 0 unspecified atom stereocenters. The molecule has 0 saturated heterocycles. The summed E-state index contributed by atoms with van der Waals surface area (Å²) < 4.78 is 12.4. The normalized spacial score (nSPS) is 11.7. The number of rotatable bonds is 3. The molecule has 0 saturated carbocycles. The van der Waals surface area contributed by atoms with E-state index in [1.807, 2.05) is 97.1 Å². The first-order valence-corrected chi connectivity index (χ1v) is 12.4. The molecule has 0 radical (unpaired) electrons. The van der Waals surface area contributed by atoms with Crippen molar-refractivity contribution >= 4 is 43.9 Å². The molecule has 0 aliphatic rings. The first-order valence-electron chi connectivity index (χ1n) is 12.4. The van der Waals surface area contributed by atoms with Gasteiger partial charge in [0.05, 0.1) is 0 Å². The maximum Gasteiger partial charge on any atom is 0.164 e. The highest BCUT2D eigenvalue weighted by Gasteiger charge is 2.16. The van der Waals surface area contributed by atoms with Crippen molar-refractivity contribution in [3.05, 3.63) is 115 Å². The van der Waals surface area contributed by atoms with Crippen molar-refractivity contribution in [3.63, 3.8) is 0 Å². The van der Waals surface area contributed by atoms with Crippen LogP contribution >= 0.6 is 0 Å². The second kappa shape index (κ2) is 8.11. The van der Waals surface area contributed by atoms with Gasteiger partial charge in [-0.05, 0) is 24.3 Å². The van der Waals surface area contributed by atoms with E-state index in [9.17, 15) is 0 Å². The Morgan fingerprint density at radius 1 is 0.342 bits per heavy atom. The topological polar surface area (TPSA) is 65.0 Å². The van der Waals surface area contributed by atoms with Crippen molar-refractivity contribution in [1.82, 2.24) is 15.0 Å². The Hall–Kier alpha value is -5.29. The van der Waals surface area contributed by atoms with Gasteiger partial charge in [-0.1, -0.05) is 84.9 Å². The van der Waals surface area contributed by atoms with E-state index in [1.165, 1.54) is 0 Å². The Kier molecular flexibility index (Phi) is 4.45. The maximum atomic E-state index is 6.32. The minimum Gasteiger partial charge on any atom is -0.456 e. The van der Waals surface area contributed by atoms with Crippen LogP contribution in [0.25, 0.3) is 78.0 Å². The van der Waals surface area contributed by atoms with Gasteiger partial charge in [-0.2, -0.15) is 0 Å². The maximum absolute atomic E-state index is 6.32. The lowest BCUT2D eigenvalue weighted by molar-refractivity contribution is 0.656. The van der Waals surface area contributed by atoms with E-state index in [-0.39, 0.29) is 0 Å². The molecule has 5 heteroatoms. The van der Waals surface area contributed by atoms with E-state index < -0.39 is 0 Å². The minimum absolute atomic E-state index is 0.597. The molecule has 38 heavy (non-hydrogen) atoms. The zero-order valence-electron chi connectivity index (χ0n) is 20.1. The van der Waals surface area contributed by atoms with Gasteiger partial charge in [0, 0.05) is 44.3 Å². The molecule has 3 heterocycles. The Labute approximate surface area is 217 Å². The molecule has 5 nitrogen and oxygen atoms in total. The van der Waals surface area contributed by atoms with Gasteiger partial charge in [0.2, 0.25) is 0 Å². The van der Waals surface area contributed by atoms with Crippen LogP contribution in [-0.2, 0) is 0 Å². The monoisotopic (exact) mass is 489 g/mol. The lowest BCUT2D eigenvalue weighted by atomic mass is 10.1.